The standard InChI is InChI=1S/C44H69NO12.Ca.2H/c1-10-13-31-19-25(2)18-26(3)20-37(54-8)40-38(55-9)22-28(5)44(52,57-40)41(49)42(50)45-17-12-11-14-32(45)43(51)56-39(29(6)34(47)24-35(31)48)27(4)21-30-15-16-33(46)36(23-30)53-7;;;/h10,19,21,26,28-34,36-40,46-47,52H,1,11-18,20,22-24H2,2-9H3;;;/b25-19+,27-21+;;;/t26-,28+,29+,30?,31+,32-,33+,34-,36+,37-,38-,39+,40+,44+;;;/m0.../s1. The van der Waals surface area contributed by atoms with Gasteiger partial charge >= 0.3 is 43.7 Å². The number of Topliss-reactive ketones (excluding diaryl/α,β-unsaturated/α-hetero) is 2. The third kappa shape index (κ3) is 12.3. The van der Waals surface area contributed by atoms with Gasteiger partial charge in [0.1, 0.15) is 24.0 Å². The molecule has 13 nitrogen and oxygen atoms in total. The number of esters is 1. The topological polar surface area (TPSA) is 178 Å². The molecule has 1 unspecified atom stereocenters. The molecule has 1 aliphatic carbocycles. The number of aliphatic hydroxyl groups is 3. The molecule has 14 atom stereocenters. The molecule has 4 aliphatic rings. The predicted octanol–water partition coefficient (Wildman–Crippen LogP) is 3.72. The van der Waals surface area contributed by atoms with E-state index in [0.717, 1.165) is 5.57 Å². The number of piperidine rings is 1. The van der Waals surface area contributed by atoms with Gasteiger partial charge in [0.15, 0.2) is 0 Å². The minimum atomic E-state index is -2.51. The first kappa shape index (κ1) is 50.8. The van der Waals surface area contributed by atoms with Gasteiger partial charge in [0, 0.05) is 52.0 Å². The number of ketones is 2. The molecule has 3 aliphatic heterocycles. The molecule has 58 heavy (non-hydrogen) atoms. The molecular formula is C44H71CaNO12. The van der Waals surface area contributed by atoms with Crippen LogP contribution < -0.4 is 0 Å². The van der Waals surface area contributed by atoms with E-state index in [0.29, 0.717) is 56.9 Å². The van der Waals surface area contributed by atoms with E-state index in [-0.39, 0.29) is 87.3 Å². The average molecular weight is 846 g/mol. The van der Waals surface area contributed by atoms with E-state index in [2.05, 4.69) is 6.58 Å². The van der Waals surface area contributed by atoms with Gasteiger partial charge in [-0.25, -0.2) is 4.79 Å². The van der Waals surface area contributed by atoms with Crippen molar-refractivity contribution in [3.05, 3.63) is 36.0 Å². The second-order valence-corrected chi connectivity index (χ2v) is 17.3. The predicted molar refractivity (Wildman–Crippen MR) is 221 cm³/mol. The zero-order valence-electron chi connectivity index (χ0n) is 35.4. The number of rotatable bonds is 7. The summed E-state index contributed by atoms with van der Waals surface area (Å²) in [4.78, 5) is 57.8. The summed E-state index contributed by atoms with van der Waals surface area (Å²) in [5.74, 6) is -7.76. The first-order valence-electron chi connectivity index (χ1n) is 20.9. The number of hydrogen-bond donors (Lipinski definition) is 3. The van der Waals surface area contributed by atoms with Crippen molar-refractivity contribution >= 4 is 61.2 Å². The quantitative estimate of drug-likeness (QED) is 0.147. The Morgan fingerprint density at radius 2 is 1.59 bits per heavy atom. The van der Waals surface area contributed by atoms with Crippen LogP contribution in [0.2, 0.25) is 0 Å². The fraction of sp³-hybridized carbons (Fsp3) is 0.773. The van der Waals surface area contributed by atoms with Crippen molar-refractivity contribution in [2.75, 3.05) is 27.9 Å². The summed E-state index contributed by atoms with van der Waals surface area (Å²) < 4.78 is 29.7. The fourth-order valence-electron chi connectivity index (χ4n) is 9.42. The number of fused-ring (bicyclic) bond motifs is 3. The summed E-state index contributed by atoms with van der Waals surface area (Å²) in [7, 11) is 4.61. The third-order valence-corrected chi connectivity index (χ3v) is 12.9. The summed E-state index contributed by atoms with van der Waals surface area (Å²) >= 11 is 0. The van der Waals surface area contributed by atoms with Crippen LogP contribution in [0.5, 0.6) is 0 Å². The maximum absolute atomic E-state index is 14.3. The van der Waals surface area contributed by atoms with Crippen LogP contribution in [-0.2, 0) is 42.9 Å². The van der Waals surface area contributed by atoms with E-state index in [4.69, 9.17) is 23.7 Å². The third-order valence-electron chi connectivity index (χ3n) is 12.9. The monoisotopic (exact) mass is 845 g/mol. The maximum atomic E-state index is 14.3. The molecule has 0 aromatic rings. The number of methoxy groups -OCH3 is 3. The Bertz CT molecular complexity index is 1490. The van der Waals surface area contributed by atoms with Crippen molar-refractivity contribution in [3.63, 3.8) is 0 Å². The van der Waals surface area contributed by atoms with E-state index in [1.165, 1.54) is 19.1 Å². The Labute approximate surface area is 375 Å². The molecule has 1 saturated carbocycles. The molecule has 0 spiro atoms. The van der Waals surface area contributed by atoms with Gasteiger partial charge in [-0.1, -0.05) is 44.6 Å². The number of ether oxygens (including phenoxy) is 5. The molecule has 14 heteroatoms. The SMILES string of the molecule is C=CC[C@@H]1/C=C(\C)C[C@H](C)C[C@H](OC)[C@H]2O[C@@](O)(C(=O)C(=O)N3CCCC[C@H]3C(=O)O[C@H](/C(C)=C/C3CC[C@@H](O)[C@H](OC)C3)[C@H](C)[C@@H](O)CC1=O)[C@H](C)C[C@@H]2OC.[CaH2]. The van der Waals surface area contributed by atoms with E-state index < -0.39 is 83.9 Å². The molecule has 326 valence electrons. The number of hydrogen-bond acceptors (Lipinski definition) is 12. The van der Waals surface area contributed by atoms with Gasteiger partial charge in [-0.2, -0.15) is 0 Å². The zero-order chi connectivity index (χ0) is 42.2. The molecule has 2 bridgehead atoms. The van der Waals surface area contributed by atoms with Crippen LogP contribution in [-0.4, -0.2) is 164 Å². The van der Waals surface area contributed by atoms with Crippen LogP contribution in [0.1, 0.15) is 105 Å². The van der Waals surface area contributed by atoms with Crippen molar-refractivity contribution in [2.45, 2.75) is 160 Å². The summed E-state index contributed by atoms with van der Waals surface area (Å²) in [5.41, 5.74) is 1.61. The molecule has 3 N–H and O–H groups in total. The Kier molecular flexibility index (Phi) is 20.2. The number of amides is 1. The van der Waals surface area contributed by atoms with Crippen LogP contribution in [0.25, 0.3) is 0 Å². The summed E-state index contributed by atoms with van der Waals surface area (Å²) in [6.45, 7) is 13.1. The van der Waals surface area contributed by atoms with Crippen molar-refractivity contribution in [3.8, 4) is 0 Å². The number of nitrogens with zero attached hydrogens (tertiary/aromatic N) is 1. The summed E-state index contributed by atoms with van der Waals surface area (Å²) in [6, 6.07) is -1.14. The van der Waals surface area contributed by atoms with Crippen molar-refractivity contribution in [1.82, 2.24) is 4.90 Å². The van der Waals surface area contributed by atoms with Crippen LogP contribution in [0.3, 0.4) is 0 Å². The molecule has 0 radical (unpaired) electrons. The molecule has 0 aromatic carbocycles. The van der Waals surface area contributed by atoms with Gasteiger partial charge in [-0.05, 0) is 95.5 Å². The van der Waals surface area contributed by atoms with Crippen molar-refractivity contribution in [2.24, 2.45) is 29.6 Å². The van der Waals surface area contributed by atoms with E-state index in [9.17, 15) is 34.5 Å². The molecular weight excluding hydrogens is 775 g/mol. The molecule has 4 rings (SSSR count). The first-order valence-corrected chi connectivity index (χ1v) is 20.9. The van der Waals surface area contributed by atoms with E-state index >= 15 is 0 Å². The normalized spacial score (nSPS) is 40.3. The van der Waals surface area contributed by atoms with Gasteiger partial charge in [0.2, 0.25) is 5.79 Å². The summed E-state index contributed by atoms with van der Waals surface area (Å²) in [6.07, 6.45) is 4.93. The van der Waals surface area contributed by atoms with Crippen LogP contribution in [0.4, 0.5) is 0 Å². The number of carbonyl (C=O) groups excluding carboxylic acids is 4. The Hall–Kier alpha value is -1.52. The molecule has 2 saturated heterocycles. The van der Waals surface area contributed by atoms with Gasteiger partial charge in [-0.15, -0.1) is 6.58 Å². The van der Waals surface area contributed by atoms with Crippen LogP contribution in [0.15, 0.2) is 36.0 Å². The second kappa shape index (κ2) is 23.1. The van der Waals surface area contributed by atoms with Gasteiger partial charge in [0.05, 0.1) is 30.5 Å². The van der Waals surface area contributed by atoms with Gasteiger partial charge in [-0.3, -0.25) is 14.4 Å². The Morgan fingerprint density at radius 1 is 0.931 bits per heavy atom. The minimum absolute atomic E-state index is 0. The molecule has 1 amide bonds. The Morgan fingerprint density at radius 3 is 2.22 bits per heavy atom. The van der Waals surface area contributed by atoms with E-state index in [1.807, 2.05) is 32.9 Å². The zero-order valence-corrected chi connectivity index (χ0v) is 35.4. The average Bonchev–Trinajstić information content (AvgIpc) is 3.18. The number of aliphatic hydroxyl groups excluding tert-OH is 2. The van der Waals surface area contributed by atoms with Crippen molar-refractivity contribution < 1.29 is 58.2 Å². The number of allylic oxidation sites excluding steroid dienone is 4. The summed E-state index contributed by atoms with van der Waals surface area (Å²) in [5, 5.41) is 34.1. The molecule has 0 aromatic heterocycles. The fourth-order valence-corrected chi connectivity index (χ4v) is 9.42. The van der Waals surface area contributed by atoms with Gasteiger partial charge < -0.3 is 43.9 Å². The van der Waals surface area contributed by atoms with E-state index in [1.54, 1.807) is 27.0 Å². The van der Waals surface area contributed by atoms with Crippen LogP contribution >= 0.6 is 0 Å². The number of cyclic esters (lactones) is 1. The van der Waals surface area contributed by atoms with Crippen LogP contribution in [0, 0.1) is 29.6 Å². The van der Waals surface area contributed by atoms with Crippen molar-refractivity contribution in [1.29, 1.82) is 0 Å². The number of carbonyl (C=O) groups is 4. The Balaban J connectivity index is 0.00000900. The first-order chi connectivity index (χ1) is 27.0. The van der Waals surface area contributed by atoms with Gasteiger partial charge in [0.25, 0.3) is 11.7 Å². The second-order valence-electron chi connectivity index (χ2n) is 17.3. The molecule has 3 fully saturated rings. The molecule has 3 heterocycles.